The molecule has 6 aromatic rings. The number of phosphoric acid groups is 1. The Morgan fingerprint density at radius 3 is 1.40 bits per heavy atom. The van der Waals surface area contributed by atoms with Crippen LogP contribution >= 0.6 is 7.82 Å². The molecule has 0 bridgehead atoms. The molecule has 4 aromatic carbocycles. The Kier molecular flexibility index (Phi) is 16.3. The van der Waals surface area contributed by atoms with Crippen molar-refractivity contribution in [2.75, 3.05) is 63.4 Å². The van der Waals surface area contributed by atoms with Gasteiger partial charge in [-0.3, -0.25) is 33.3 Å². The van der Waals surface area contributed by atoms with Crippen molar-refractivity contribution < 1.29 is 70.8 Å². The monoisotopic (exact) mass is 1090 g/mol. The van der Waals surface area contributed by atoms with Crippen molar-refractivity contribution in [3.63, 3.8) is 0 Å². The number of carbonyl (C=O) groups is 4. The van der Waals surface area contributed by atoms with E-state index in [0.717, 1.165) is 33.4 Å². The van der Waals surface area contributed by atoms with Crippen LogP contribution in [0.5, 0.6) is 11.5 Å². The molecule has 12 rings (SSSR count). The number of amides is 4. The highest BCUT2D eigenvalue weighted by Gasteiger charge is 2.49. The number of anilines is 2. The van der Waals surface area contributed by atoms with Crippen LogP contribution in [0.3, 0.4) is 0 Å². The van der Waals surface area contributed by atoms with Crippen LogP contribution in [0.25, 0.3) is 22.3 Å². The molecule has 0 saturated carbocycles. The van der Waals surface area contributed by atoms with Gasteiger partial charge in [0.25, 0.3) is 0 Å². The molecule has 21 nitrogen and oxygen atoms in total. The average Bonchev–Trinajstić information content (AvgIpc) is 4.35. The van der Waals surface area contributed by atoms with Crippen molar-refractivity contribution in [3.05, 3.63) is 156 Å². The van der Waals surface area contributed by atoms with Crippen LogP contribution in [0.1, 0.15) is 49.6 Å². The number of aliphatic hydroxyl groups is 1. The van der Waals surface area contributed by atoms with Crippen LogP contribution in [-0.2, 0) is 50.3 Å². The van der Waals surface area contributed by atoms with E-state index < -0.39 is 44.4 Å². The SMILES string of the molecule is C.C.CN1CC(c2ccc(-c3ccc4c(c3)OC[C@H]3[C@H](CO)OC(=O)N43)cn2)OC1=O.CN1CC(c2ccc(-c3ccc4c(c3)OC[C@H]3[C@H](COP(=O)(OCc5ccccc5)OCc5ccccc5)OC(=O)N43)cn2)OC1=O. The van der Waals surface area contributed by atoms with E-state index >= 15 is 0 Å². The van der Waals surface area contributed by atoms with E-state index in [1.165, 1.54) is 19.6 Å². The quantitative estimate of drug-likeness (QED) is 0.0790. The third-order valence-corrected chi connectivity index (χ3v) is 15.0. The second kappa shape index (κ2) is 23.3. The first kappa shape index (κ1) is 54.7. The van der Waals surface area contributed by atoms with Crippen LogP contribution in [0, 0.1) is 0 Å². The van der Waals surface area contributed by atoms with Crippen molar-refractivity contribution in [2.45, 2.75) is 64.6 Å². The number of aliphatic hydroxyl groups excluding tert-OH is 1. The van der Waals surface area contributed by atoms with Crippen LogP contribution in [0.4, 0.5) is 30.6 Å². The number of phosphoric ester groups is 1. The summed E-state index contributed by atoms with van der Waals surface area (Å²) in [6, 6.07) is 36.2. The first-order valence-electron chi connectivity index (χ1n) is 24.4. The molecule has 22 heteroatoms. The summed E-state index contributed by atoms with van der Waals surface area (Å²) in [5.74, 6) is 1.08. The molecule has 4 saturated heterocycles. The summed E-state index contributed by atoms with van der Waals surface area (Å²) in [7, 11) is -0.707. The fraction of sp³-hybridized carbons (Fsp3) is 0.321. The maximum Gasteiger partial charge on any atom is 0.475 e. The van der Waals surface area contributed by atoms with Gasteiger partial charge in [0, 0.05) is 37.6 Å². The summed E-state index contributed by atoms with van der Waals surface area (Å²) >= 11 is 0. The first-order chi connectivity index (χ1) is 36.9. The molecule has 6 aliphatic heterocycles. The Morgan fingerprint density at radius 1 is 0.551 bits per heavy atom. The number of fused-ring (bicyclic) bond motifs is 6. The van der Waals surface area contributed by atoms with E-state index in [1.54, 1.807) is 38.6 Å². The molecule has 4 amide bonds. The third-order valence-electron chi connectivity index (χ3n) is 13.6. The van der Waals surface area contributed by atoms with Gasteiger partial charge in [0.2, 0.25) is 0 Å². The van der Waals surface area contributed by atoms with E-state index in [2.05, 4.69) is 9.97 Å². The molecule has 78 heavy (non-hydrogen) atoms. The summed E-state index contributed by atoms with van der Waals surface area (Å²) in [6.45, 7) is 0.849. The van der Waals surface area contributed by atoms with Gasteiger partial charge in [0.1, 0.15) is 36.8 Å². The molecule has 2 unspecified atom stereocenters. The molecule has 0 aliphatic carbocycles. The number of hydrogen-bond donors (Lipinski definition) is 1. The molecule has 0 radical (unpaired) electrons. The van der Waals surface area contributed by atoms with Gasteiger partial charge in [0.15, 0.2) is 24.4 Å². The van der Waals surface area contributed by atoms with Crippen molar-refractivity contribution in [2.24, 2.45) is 0 Å². The molecule has 1 N–H and O–H groups in total. The number of nitrogens with zero attached hydrogens (tertiary/aromatic N) is 6. The average molecular weight is 1090 g/mol. The second-order valence-electron chi connectivity index (χ2n) is 18.6. The van der Waals surface area contributed by atoms with Crippen molar-refractivity contribution in [1.82, 2.24) is 19.8 Å². The predicted octanol–water partition coefficient (Wildman–Crippen LogP) is 9.74. The Labute approximate surface area is 450 Å². The number of hydrogen-bond acceptors (Lipinski definition) is 17. The van der Waals surface area contributed by atoms with Crippen molar-refractivity contribution >= 4 is 43.6 Å². The van der Waals surface area contributed by atoms with Crippen LogP contribution < -0.4 is 19.3 Å². The Morgan fingerprint density at radius 2 is 0.987 bits per heavy atom. The van der Waals surface area contributed by atoms with Gasteiger partial charge in [-0.25, -0.2) is 23.7 Å². The second-order valence-corrected chi connectivity index (χ2v) is 20.3. The van der Waals surface area contributed by atoms with E-state index in [4.69, 9.17) is 42.0 Å². The summed E-state index contributed by atoms with van der Waals surface area (Å²) < 4.78 is 64.5. The predicted molar refractivity (Wildman–Crippen MR) is 284 cm³/mol. The highest BCUT2D eigenvalue weighted by Crippen LogP contribution is 2.52. The highest BCUT2D eigenvalue weighted by atomic mass is 31.2. The van der Waals surface area contributed by atoms with E-state index in [9.17, 15) is 28.8 Å². The lowest BCUT2D eigenvalue weighted by molar-refractivity contribution is 0.0460. The largest absolute Gasteiger partial charge is 0.489 e. The summed E-state index contributed by atoms with van der Waals surface area (Å²) in [4.78, 5) is 63.6. The lowest BCUT2D eigenvalue weighted by atomic mass is 10.0. The molecular weight excluding hydrogens is 1030 g/mol. The number of benzene rings is 4. The fourth-order valence-corrected chi connectivity index (χ4v) is 10.6. The Balaban J connectivity index is 0.000000205. The first-order valence-corrected chi connectivity index (χ1v) is 25.9. The van der Waals surface area contributed by atoms with Gasteiger partial charge in [-0.2, -0.15) is 0 Å². The minimum Gasteiger partial charge on any atom is -0.489 e. The molecule has 4 fully saturated rings. The number of pyridine rings is 2. The Hall–Kier alpha value is -8.07. The topological polar surface area (TPSA) is 227 Å². The fourth-order valence-electron chi connectivity index (χ4n) is 9.44. The van der Waals surface area contributed by atoms with Crippen LogP contribution in [0.2, 0.25) is 0 Å². The minimum atomic E-state index is -4.08. The third kappa shape index (κ3) is 11.3. The zero-order chi connectivity index (χ0) is 52.5. The van der Waals surface area contributed by atoms with Crippen molar-refractivity contribution in [3.8, 4) is 33.8 Å². The summed E-state index contributed by atoms with van der Waals surface area (Å²) in [5.41, 5.74) is 7.55. The zero-order valence-electron chi connectivity index (χ0n) is 41.1. The maximum absolute atomic E-state index is 13.8. The molecular formula is C56H59N6O15P. The number of ether oxygens (including phenoxy) is 6. The van der Waals surface area contributed by atoms with Crippen LogP contribution in [-0.4, -0.2) is 127 Å². The summed E-state index contributed by atoms with van der Waals surface area (Å²) in [5, 5.41) is 9.40. The number of carbonyl (C=O) groups excluding carboxylic acids is 4. The maximum atomic E-state index is 13.8. The highest BCUT2D eigenvalue weighted by molar-refractivity contribution is 7.48. The van der Waals surface area contributed by atoms with E-state index in [1.807, 2.05) is 109 Å². The standard InChI is InChI=1S/C34H32N3O9P.C20H19N3O6.2CH4/c1-36-18-31(45-33(36)38)27-14-12-26(17-35-27)25-13-15-28-30(16-25)41-21-29-32(46-34(39)37(28)29)22-44-47(40,42-19-23-8-4-2-5-9-23)43-20-24-10-6-3-7-11-24;1-22-8-17(28-19(22)25)13-4-2-12(7-21-13)11-3-5-14-16(6-11)27-10-15-18(9-24)29-20(26)23(14)15;;/h2-17,29,31-32H,18-22H2,1H3;2-7,15,17-18,24H,8-10H2,1H3;2*1H4/t29-,31?,32-;15-,17?,18-;;/m00../s1. The molecule has 6 aliphatic rings. The van der Waals surface area contributed by atoms with Gasteiger partial charge < -0.3 is 43.3 Å². The smallest absolute Gasteiger partial charge is 0.475 e. The van der Waals surface area contributed by atoms with Gasteiger partial charge in [0.05, 0.1) is 62.3 Å². The molecule has 6 atom stereocenters. The minimum absolute atomic E-state index is 0. The molecule has 2 aromatic heterocycles. The zero-order valence-corrected chi connectivity index (χ0v) is 42.0. The summed E-state index contributed by atoms with van der Waals surface area (Å²) in [6.07, 6.45) is -0.487. The van der Waals surface area contributed by atoms with Gasteiger partial charge in [-0.15, -0.1) is 0 Å². The lowest BCUT2D eigenvalue weighted by Gasteiger charge is -2.31. The van der Waals surface area contributed by atoms with Crippen LogP contribution in [0.15, 0.2) is 134 Å². The normalized spacial score (nSPS) is 21.6. The van der Waals surface area contributed by atoms with E-state index in [0.29, 0.717) is 47.4 Å². The lowest BCUT2D eigenvalue weighted by Crippen LogP contribution is -2.45. The molecule has 8 heterocycles. The van der Waals surface area contributed by atoms with Gasteiger partial charge in [-0.1, -0.05) is 99.8 Å². The number of aromatic nitrogens is 2. The Bertz CT molecular complexity index is 3130. The number of cyclic esters (lactones) is 4. The van der Waals surface area contributed by atoms with E-state index in [-0.39, 0.29) is 78.8 Å². The number of likely N-dealkylation sites (N-methyl/N-ethyl adjacent to an activating group) is 2. The van der Waals surface area contributed by atoms with Gasteiger partial charge >= 0.3 is 32.2 Å². The molecule has 408 valence electrons. The molecule has 0 spiro atoms. The van der Waals surface area contributed by atoms with Crippen molar-refractivity contribution in [1.29, 1.82) is 0 Å². The number of rotatable bonds is 14. The van der Waals surface area contributed by atoms with Gasteiger partial charge in [-0.05, 0) is 58.7 Å².